The summed E-state index contributed by atoms with van der Waals surface area (Å²) in [6.45, 7) is 4.61. The predicted octanol–water partition coefficient (Wildman–Crippen LogP) is 2.61. The molecule has 0 atom stereocenters. The first-order chi connectivity index (χ1) is 16.0. The average molecular weight is 450 g/mol. The number of aromatic amines is 1. The second kappa shape index (κ2) is 11.5. The quantitative estimate of drug-likeness (QED) is 0.387. The van der Waals surface area contributed by atoms with Crippen LogP contribution in [0.3, 0.4) is 0 Å². The first-order valence-corrected chi connectivity index (χ1v) is 10.3. The van der Waals surface area contributed by atoms with E-state index in [0.29, 0.717) is 24.5 Å². The van der Waals surface area contributed by atoms with Gasteiger partial charge in [0, 0.05) is 19.2 Å². The van der Waals surface area contributed by atoms with Crippen molar-refractivity contribution in [2.24, 2.45) is 0 Å². The van der Waals surface area contributed by atoms with Gasteiger partial charge in [0.2, 0.25) is 0 Å². The van der Waals surface area contributed by atoms with E-state index in [0.717, 1.165) is 5.56 Å². The average Bonchev–Trinajstić information content (AvgIpc) is 2.83. The highest BCUT2D eigenvalue weighted by Crippen LogP contribution is 2.19. The second-order valence-corrected chi connectivity index (χ2v) is 7.04. The van der Waals surface area contributed by atoms with Gasteiger partial charge in [-0.25, -0.2) is 4.79 Å². The fraction of sp³-hybridized carbons (Fsp3) is 0.208. The van der Waals surface area contributed by atoms with Crippen LogP contribution in [-0.2, 0) is 17.8 Å². The number of anilines is 2. The van der Waals surface area contributed by atoms with Gasteiger partial charge < -0.3 is 20.1 Å². The molecule has 9 nitrogen and oxygen atoms in total. The number of carbonyl (C=O) groups excluding carboxylic acids is 1. The Morgan fingerprint density at radius 2 is 1.85 bits per heavy atom. The highest BCUT2D eigenvalue weighted by molar-refractivity contribution is 6.05. The number of methoxy groups -OCH3 is 1. The zero-order valence-electron chi connectivity index (χ0n) is 18.3. The third kappa shape index (κ3) is 6.20. The molecule has 1 heterocycles. The normalized spacial score (nSPS) is 10.5. The largest absolute Gasteiger partial charge is 0.490 e. The maximum atomic E-state index is 13.0. The molecule has 0 saturated heterocycles. The number of carbonyl (C=O) groups is 1. The summed E-state index contributed by atoms with van der Waals surface area (Å²) in [6.07, 6.45) is 1.62. The van der Waals surface area contributed by atoms with Gasteiger partial charge in [0.1, 0.15) is 23.9 Å². The van der Waals surface area contributed by atoms with Crippen LogP contribution in [0.15, 0.2) is 76.8 Å². The number of nitrogens with zero attached hydrogens (tertiary/aromatic N) is 1. The molecule has 0 fully saturated rings. The van der Waals surface area contributed by atoms with Crippen molar-refractivity contribution in [2.45, 2.75) is 13.1 Å². The van der Waals surface area contributed by atoms with E-state index in [1.165, 1.54) is 11.7 Å². The minimum absolute atomic E-state index is 0.0636. The number of aromatic nitrogens is 2. The van der Waals surface area contributed by atoms with Crippen molar-refractivity contribution in [3.63, 3.8) is 0 Å². The van der Waals surface area contributed by atoms with Gasteiger partial charge in [0.25, 0.3) is 11.5 Å². The van der Waals surface area contributed by atoms with Crippen molar-refractivity contribution in [1.82, 2.24) is 9.55 Å². The zero-order valence-corrected chi connectivity index (χ0v) is 18.3. The summed E-state index contributed by atoms with van der Waals surface area (Å²) >= 11 is 0. The molecule has 9 heteroatoms. The van der Waals surface area contributed by atoms with Crippen molar-refractivity contribution in [2.75, 3.05) is 31.0 Å². The molecule has 0 bridgehead atoms. The SMILES string of the molecule is C=CCOc1ccc(C(=O)Nc2c(NCc3ccccc3)c(=O)[nH]c(=O)n2CCOC)cc1. The Kier molecular flexibility index (Phi) is 8.20. The van der Waals surface area contributed by atoms with E-state index >= 15 is 0 Å². The van der Waals surface area contributed by atoms with Crippen LogP contribution in [0.2, 0.25) is 0 Å². The van der Waals surface area contributed by atoms with E-state index in [-0.39, 0.29) is 24.7 Å². The van der Waals surface area contributed by atoms with E-state index in [2.05, 4.69) is 22.2 Å². The smallest absolute Gasteiger partial charge is 0.330 e. The minimum atomic E-state index is -0.647. The number of benzene rings is 2. The van der Waals surface area contributed by atoms with E-state index in [4.69, 9.17) is 9.47 Å². The first-order valence-electron chi connectivity index (χ1n) is 10.3. The molecule has 33 heavy (non-hydrogen) atoms. The molecule has 3 aromatic rings. The Morgan fingerprint density at radius 3 is 2.52 bits per heavy atom. The number of H-pyrrole nitrogens is 1. The molecule has 0 aliphatic heterocycles. The minimum Gasteiger partial charge on any atom is -0.490 e. The first kappa shape index (κ1) is 23.6. The number of rotatable bonds is 11. The Bertz CT molecular complexity index is 1200. The Balaban J connectivity index is 1.92. The van der Waals surface area contributed by atoms with Gasteiger partial charge in [-0.2, -0.15) is 0 Å². The zero-order chi connectivity index (χ0) is 23.6. The maximum Gasteiger partial charge on any atom is 0.330 e. The van der Waals surface area contributed by atoms with Crippen LogP contribution in [0.25, 0.3) is 0 Å². The van der Waals surface area contributed by atoms with Gasteiger partial charge in [-0.05, 0) is 29.8 Å². The maximum absolute atomic E-state index is 13.0. The van der Waals surface area contributed by atoms with Crippen molar-refractivity contribution in [3.05, 3.63) is 99.2 Å². The molecule has 0 spiro atoms. The van der Waals surface area contributed by atoms with Crippen LogP contribution in [0.5, 0.6) is 5.75 Å². The highest BCUT2D eigenvalue weighted by Gasteiger charge is 2.18. The molecule has 0 radical (unpaired) electrons. The Labute approximate surface area is 190 Å². The Hall–Kier alpha value is -4.11. The van der Waals surface area contributed by atoms with Gasteiger partial charge in [-0.3, -0.25) is 19.1 Å². The van der Waals surface area contributed by atoms with E-state index in [1.54, 1.807) is 30.3 Å². The lowest BCUT2D eigenvalue weighted by Crippen LogP contribution is -2.36. The fourth-order valence-corrected chi connectivity index (χ4v) is 3.08. The molecule has 3 N–H and O–H groups in total. The third-order valence-corrected chi connectivity index (χ3v) is 4.75. The number of amides is 1. The Morgan fingerprint density at radius 1 is 1.12 bits per heavy atom. The molecule has 3 rings (SSSR count). The van der Waals surface area contributed by atoms with Gasteiger partial charge >= 0.3 is 5.69 Å². The summed E-state index contributed by atoms with van der Waals surface area (Å²) in [6, 6.07) is 15.9. The van der Waals surface area contributed by atoms with Gasteiger partial charge in [0.05, 0.1) is 13.2 Å². The van der Waals surface area contributed by atoms with Crippen LogP contribution in [0, 0.1) is 0 Å². The van der Waals surface area contributed by atoms with Gasteiger partial charge in [0.15, 0.2) is 0 Å². The lowest BCUT2D eigenvalue weighted by molar-refractivity contribution is 0.102. The topological polar surface area (TPSA) is 114 Å². The number of ether oxygens (including phenoxy) is 2. The third-order valence-electron chi connectivity index (χ3n) is 4.75. The standard InChI is InChI=1S/C24H26N4O5/c1-3-14-33-19-11-9-18(10-12-19)22(29)26-21-20(25-16-17-7-5-4-6-8-17)23(30)27-24(31)28(21)13-15-32-2/h3-12,25H,1,13-16H2,2H3,(H,26,29)(H,27,30,31). The molecule has 0 saturated carbocycles. The molecule has 0 aliphatic rings. The van der Waals surface area contributed by atoms with E-state index in [1.807, 2.05) is 30.3 Å². The monoisotopic (exact) mass is 450 g/mol. The van der Waals surface area contributed by atoms with Gasteiger partial charge in [-0.15, -0.1) is 0 Å². The molecular formula is C24H26N4O5. The van der Waals surface area contributed by atoms with Crippen LogP contribution in [0.1, 0.15) is 15.9 Å². The molecular weight excluding hydrogens is 424 g/mol. The molecule has 0 unspecified atom stereocenters. The lowest BCUT2D eigenvalue weighted by atomic mass is 10.2. The van der Waals surface area contributed by atoms with Crippen molar-refractivity contribution in [1.29, 1.82) is 0 Å². The number of nitrogens with one attached hydrogen (secondary N) is 3. The summed E-state index contributed by atoms with van der Waals surface area (Å²) in [5.41, 5.74) is 0.0626. The predicted molar refractivity (Wildman–Crippen MR) is 127 cm³/mol. The molecule has 0 aliphatic carbocycles. The summed E-state index contributed by atoms with van der Waals surface area (Å²) in [7, 11) is 1.50. The number of hydrogen-bond acceptors (Lipinski definition) is 6. The lowest BCUT2D eigenvalue weighted by Gasteiger charge is -2.18. The van der Waals surface area contributed by atoms with Crippen LogP contribution in [0.4, 0.5) is 11.5 Å². The molecule has 2 aromatic carbocycles. The van der Waals surface area contributed by atoms with Gasteiger partial charge in [-0.1, -0.05) is 43.0 Å². The summed E-state index contributed by atoms with van der Waals surface area (Å²) in [4.78, 5) is 40.4. The summed E-state index contributed by atoms with van der Waals surface area (Å²) in [5, 5.41) is 5.76. The van der Waals surface area contributed by atoms with Crippen LogP contribution >= 0.6 is 0 Å². The van der Waals surface area contributed by atoms with Crippen molar-refractivity contribution < 1.29 is 14.3 Å². The molecule has 172 valence electrons. The van der Waals surface area contributed by atoms with Crippen molar-refractivity contribution >= 4 is 17.4 Å². The highest BCUT2D eigenvalue weighted by atomic mass is 16.5. The molecule has 1 aromatic heterocycles. The number of hydrogen-bond donors (Lipinski definition) is 3. The summed E-state index contributed by atoms with van der Waals surface area (Å²) < 4.78 is 11.8. The van der Waals surface area contributed by atoms with Crippen LogP contribution in [-0.4, -0.2) is 35.8 Å². The fourth-order valence-electron chi connectivity index (χ4n) is 3.08. The van der Waals surface area contributed by atoms with E-state index < -0.39 is 17.2 Å². The second-order valence-electron chi connectivity index (χ2n) is 7.04. The van der Waals surface area contributed by atoms with Crippen LogP contribution < -0.4 is 26.6 Å². The van der Waals surface area contributed by atoms with E-state index in [9.17, 15) is 14.4 Å². The van der Waals surface area contributed by atoms with Crippen molar-refractivity contribution in [3.8, 4) is 5.75 Å². The molecule has 1 amide bonds. The summed E-state index contributed by atoms with van der Waals surface area (Å²) in [5.74, 6) is 0.169.